The summed E-state index contributed by atoms with van der Waals surface area (Å²) in [6.07, 6.45) is 1.79. The Morgan fingerprint density at radius 2 is 1.71 bits per heavy atom. The van der Waals surface area contributed by atoms with Crippen LogP contribution in [0.3, 0.4) is 0 Å². The Morgan fingerprint density at radius 1 is 0.956 bits per heavy atom. The summed E-state index contributed by atoms with van der Waals surface area (Å²) in [5, 5.41) is 0. The highest BCUT2D eigenvalue weighted by Gasteiger charge is 2.35. The van der Waals surface area contributed by atoms with Crippen molar-refractivity contribution >= 4 is 29.1 Å². The molecule has 0 spiro atoms. The molecule has 0 amide bonds. The van der Waals surface area contributed by atoms with Crippen LogP contribution >= 0.6 is 11.3 Å². The van der Waals surface area contributed by atoms with E-state index in [-0.39, 0.29) is 30.2 Å². The molecule has 0 radical (unpaired) electrons. The van der Waals surface area contributed by atoms with E-state index in [0.29, 0.717) is 32.1 Å². The second kappa shape index (κ2) is 13.2. The molecule has 5 aromatic rings. The summed E-state index contributed by atoms with van der Waals surface area (Å²) in [5.74, 6) is 0.411. The summed E-state index contributed by atoms with van der Waals surface area (Å²) < 4.78 is 32.1. The molecule has 45 heavy (non-hydrogen) atoms. The normalized spacial score (nSPS) is 14.5. The van der Waals surface area contributed by atoms with Crippen LogP contribution in [0.4, 0.5) is 4.39 Å². The van der Waals surface area contributed by atoms with Crippen LogP contribution in [-0.2, 0) is 16.1 Å². The SMILES string of the molecule is CCOC(=O)C1=C(c2ccccc2)N=c2s/c(=C\c3cccc(OCc4ccc(F)cc4)c3)c(=O)n2[C@H]1c1ccc(OC)cc1. The highest BCUT2D eigenvalue weighted by molar-refractivity contribution is 7.07. The fourth-order valence-corrected chi connectivity index (χ4v) is 6.14. The number of nitrogens with zero attached hydrogens (tertiary/aromatic N) is 2. The van der Waals surface area contributed by atoms with Gasteiger partial charge in [0.25, 0.3) is 5.56 Å². The van der Waals surface area contributed by atoms with E-state index < -0.39 is 12.0 Å². The van der Waals surface area contributed by atoms with Gasteiger partial charge in [-0.1, -0.05) is 78.1 Å². The molecule has 6 rings (SSSR count). The average molecular weight is 621 g/mol. The molecule has 7 nitrogen and oxygen atoms in total. The minimum atomic E-state index is -0.783. The van der Waals surface area contributed by atoms with Crippen LogP contribution in [0.5, 0.6) is 11.5 Å². The quantitative estimate of drug-likeness (QED) is 0.199. The van der Waals surface area contributed by atoms with Gasteiger partial charge in [-0.15, -0.1) is 0 Å². The predicted molar refractivity (Wildman–Crippen MR) is 171 cm³/mol. The fourth-order valence-electron chi connectivity index (χ4n) is 5.13. The summed E-state index contributed by atoms with van der Waals surface area (Å²) in [6.45, 7) is 2.19. The minimum absolute atomic E-state index is 0.170. The van der Waals surface area contributed by atoms with Gasteiger partial charge >= 0.3 is 5.97 Å². The fraction of sp³-hybridized carbons (Fsp3) is 0.139. The zero-order valence-corrected chi connectivity index (χ0v) is 25.4. The zero-order chi connectivity index (χ0) is 31.3. The molecule has 1 aliphatic heterocycles. The number of esters is 1. The van der Waals surface area contributed by atoms with E-state index in [9.17, 15) is 14.0 Å². The highest BCUT2D eigenvalue weighted by atomic mass is 32.1. The maximum atomic E-state index is 14.1. The number of hydrogen-bond acceptors (Lipinski definition) is 7. The minimum Gasteiger partial charge on any atom is -0.497 e. The number of thiazole rings is 1. The van der Waals surface area contributed by atoms with Crippen molar-refractivity contribution in [1.29, 1.82) is 0 Å². The van der Waals surface area contributed by atoms with Crippen molar-refractivity contribution in [1.82, 2.24) is 4.57 Å². The van der Waals surface area contributed by atoms with E-state index in [1.165, 1.54) is 23.5 Å². The molecule has 0 aliphatic carbocycles. The number of carbonyl (C=O) groups excluding carboxylic acids is 1. The van der Waals surface area contributed by atoms with Gasteiger partial charge in [0, 0.05) is 5.56 Å². The second-order valence-electron chi connectivity index (χ2n) is 10.2. The van der Waals surface area contributed by atoms with Crippen LogP contribution in [0.25, 0.3) is 11.8 Å². The van der Waals surface area contributed by atoms with Crippen molar-refractivity contribution in [3.63, 3.8) is 0 Å². The molecule has 0 saturated carbocycles. The number of halogens is 1. The number of rotatable bonds is 9. The van der Waals surface area contributed by atoms with E-state index in [1.807, 2.05) is 66.7 Å². The van der Waals surface area contributed by atoms with Gasteiger partial charge in [0.2, 0.25) is 0 Å². The van der Waals surface area contributed by atoms with Crippen molar-refractivity contribution in [2.45, 2.75) is 19.6 Å². The lowest BCUT2D eigenvalue weighted by Crippen LogP contribution is -2.40. The number of fused-ring (bicyclic) bond motifs is 1. The summed E-state index contributed by atoms with van der Waals surface area (Å²) in [4.78, 5) is 33.1. The van der Waals surface area contributed by atoms with E-state index in [2.05, 4.69) is 0 Å². The van der Waals surface area contributed by atoms with Crippen molar-refractivity contribution < 1.29 is 23.4 Å². The van der Waals surface area contributed by atoms with Gasteiger partial charge in [0.05, 0.1) is 35.6 Å². The van der Waals surface area contributed by atoms with Crippen molar-refractivity contribution in [2.75, 3.05) is 13.7 Å². The van der Waals surface area contributed by atoms with Gasteiger partial charge in [0.15, 0.2) is 4.80 Å². The summed E-state index contributed by atoms with van der Waals surface area (Å²) in [7, 11) is 1.58. The molecule has 0 unspecified atom stereocenters. The van der Waals surface area contributed by atoms with Crippen molar-refractivity contribution in [3.05, 3.63) is 156 Å². The molecule has 0 saturated heterocycles. The topological polar surface area (TPSA) is 79.1 Å². The van der Waals surface area contributed by atoms with Crippen LogP contribution < -0.4 is 24.4 Å². The van der Waals surface area contributed by atoms with E-state index in [1.54, 1.807) is 48.9 Å². The maximum Gasteiger partial charge on any atom is 0.338 e. The maximum absolute atomic E-state index is 14.1. The van der Waals surface area contributed by atoms with E-state index >= 15 is 0 Å². The Labute approximate surface area is 262 Å². The van der Waals surface area contributed by atoms with Crippen LogP contribution in [-0.4, -0.2) is 24.3 Å². The van der Waals surface area contributed by atoms with Crippen LogP contribution in [0.15, 0.2) is 118 Å². The molecular weight excluding hydrogens is 591 g/mol. The third-order valence-electron chi connectivity index (χ3n) is 7.28. The number of ether oxygens (including phenoxy) is 3. The Bertz CT molecular complexity index is 2050. The third-order valence-corrected chi connectivity index (χ3v) is 8.26. The Hall–Kier alpha value is -5.28. The summed E-state index contributed by atoms with van der Waals surface area (Å²) in [5.41, 5.74) is 3.49. The van der Waals surface area contributed by atoms with Gasteiger partial charge in [-0.2, -0.15) is 0 Å². The standard InChI is InChI=1S/C36H29FN2O5S/c1-3-43-35(41)31-32(25-9-5-4-6-10-25)38-36-39(33(31)26-14-18-28(42-2)19-15-26)34(40)30(45-36)21-24-8-7-11-29(20-24)44-22-23-12-16-27(37)17-13-23/h4-21,33H,3,22H2,1-2H3/b30-21-/t33-/m0/s1. The predicted octanol–water partition coefficient (Wildman–Crippen LogP) is 5.66. The Morgan fingerprint density at radius 3 is 2.42 bits per heavy atom. The zero-order valence-electron chi connectivity index (χ0n) is 24.6. The lowest BCUT2D eigenvalue weighted by Gasteiger charge is -2.26. The lowest BCUT2D eigenvalue weighted by molar-refractivity contribution is -0.138. The van der Waals surface area contributed by atoms with Crippen molar-refractivity contribution in [3.8, 4) is 11.5 Å². The van der Waals surface area contributed by atoms with Crippen molar-refractivity contribution in [2.24, 2.45) is 4.99 Å². The molecular formula is C36H29FN2O5S. The van der Waals surface area contributed by atoms with Crippen LogP contribution in [0.1, 0.15) is 35.2 Å². The smallest absolute Gasteiger partial charge is 0.338 e. The molecule has 1 aliphatic rings. The number of hydrogen-bond donors (Lipinski definition) is 0. The first kappa shape index (κ1) is 29.8. The average Bonchev–Trinajstić information content (AvgIpc) is 3.38. The number of carbonyl (C=O) groups is 1. The second-order valence-corrected chi connectivity index (χ2v) is 11.2. The molecule has 0 fully saturated rings. The Balaban J connectivity index is 1.47. The Kier molecular flexibility index (Phi) is 8.70. The third kappa shape index (κ3) is 6.34. The molecule has 4 aromatic carbocycles. The molecule has 0 bridgehead atoms. The first-order valence-electron chi connectivity index (χ1n) is 14.3. The van der Waals surface area contributed by atoms with Crippen LogP contribution in [0, 0.1) is 5.82 Å². The highest BCUT2D eigenvalue weighted by Crippen LogP contribution is 2.35. The van der Waals surface area contributed by atoms with Gasteiger partial charge < -0.3 is 14.2 Å². The molecule has 226 valence electrons. The molecule has 1 atom stereocenters. The molecule has 0 N–H and O–H groups in total. The van der Waals surface area contributed by atoms with E-state index in [0.717, 1.165) is 16.7 Å². The van der Waals surface area contributed by atoms with E-state index in [4.69, 9.17) is 19.2 Å². The van der Waals surface area contributed by atoms with Gasteiger partial charge in [0.1, 0.15) is 23.9 Å². The lowest BCUT2D eigenvalue weighted by atomic mass is 9.93. The first-order valence-corrected chi connectivity index (χ1v) is 15.2. The number of methoxy groups -OCH3 is 1. The largest absolute Gasteiger partial charge is 0.497 e. The van der Waals surface area contributed by atoms with Gasteiger partial charge in [-0.05, 0) is 66.1 Å². The molecule has 9 heteroatoms. The van der Waals surface area contributed by atoms with Gasteiger partial charge in [-0.25, -0.2) is 14.2 Å². The monoisotopic (exact) mass is 620 g/mol. The number of benzene rings is 4. The summed E-state index contributed by atoms with van der Waals surface area (Å²) in [6, 6.07) is 29.4. The number of aromatic nitrogens is 1. The van der Waals surface area contributed by atoms with Gasteiger partial charge in [-0.3, -0.25) is 9.36 Å². The van der Waals surface area contributed by atoms with Crippen LogP contribution in [0.2, 0.25) is 0 Å². The summed E-state index contributed by atoms with van der Waals surface area (Å²) >= 11 is 1.25. The first-order chi connectivity index (χ1) is 21.9. The molecule has 2 heterocycles. The molecule has 1 aromatic heterocycles.